The summed E-state index contributed by atoms with van der Waals surface area (Å²) in [7, 11) is 3.99. The molecule has 0 aliphatic rings. The van der Waals surface area contributed by atoms with Crippen molar-refractivity contribution in [3.63, 3.8) is 0 Å². The Labute approximate surface area is 133 Å². The molecule has 0 heterocycles. The third kappa shape index (κ3) is 4.52. The van der Waals surface area contributed by atoms with Gasteiger partial charge in [-0.15, -0.1) is 0 Å². The van der Waals surface area contributed by atoms with Crippen LogP contribution in [0.3, 0.4) is 0 Å². The van der Waals surface area contributed by atoms with Crippen LogP contribution in [-0.4, -0.2) is 50.5 Å². The van der Waals surface area contributed by atoms with Gasteiger partial charge in [-0.2, -0.15) is 0 Å². The van der Waals surface area contributed by atoms with Crippen molar-refractivity contribution in [3.8, 4) is 17.2 Å². The highest BCUT2D eigenvalue weighted by atomic mass is 16.5. The van der Waals surface area contributed by atoms with Crippen molar-refractivity contribution in [2.45, 2.75) is 33.2 Å². The van der Waals surface area contributed by atoms with E-state index in [-0.39, 0.29) is 12.6 Å². The maximum absolute atomic E-state index is 9.36. The molecule has 0 saturated carbocycles. The SMILES string of the molecule is CCOc1ccc(C(CCO)N(C)C)c(OCC)c1OCC. The average molecular weight is 311 g/mol. The van der Waals surface area contributed by atoms with Gasteiger partial charge in [-0.1, -0.05) is 0 Å². The van der Waals surface area contributed by atoms with Gasteiger partial charge < -0.3 is 24.2 Å². The maximum atomic E-state index is 9.36. The summed E-state index contributed by atoms with van der Waals surface area (Å²) >= 11 is 0. The Morgan fingerprint density at radius 1 is 0.955 bits per heavy atom. The molecule has 126 valence electrons. The zero-order valence-electron chi connectivity index (χ0n) is 14.4. The fourth-order valence-electron chi connectivity index (χ4n) is 2.48. The first-order valence-corrected chi connectivity index (χ1v) is 7.93. The van der Waals surface area contributed by atoms with E-state index in [2.05, 4.69) is 4.90 Å². The fourth-order valence-corrected chi connectivity index (χ4v) is 2.48. The van der Waals surface area contributed by atoms with Crippen molar-refractivity contribution in [1.82, 2.24) is 4.90 Å². The molecule has 0 aliphatic heterocycles. The largest absolute Gasteiger partial charge is 0.490 e. The molecule has 0 aliphatic carbocycles. The average Bonchev–Trinajstić information content (AvgIpc) is 2.49. The van der Waals surface area contributed by atoms with E-state index in [9.17, 15) is 5.11 Å². The minimum absolute atomic E-state index is 0.0569. The van der Waals surface area contributed by atoms with E-state index in [4.69, 9.17) is 14.2 Å². The second kappa shape index (κ2) is 9.54. The molecule has 0 radical (unpaired) electrons. The molecule has 0 aromatic heterocycles. The minimum atomic E-state index is 0.0569. The van der Waals surface area contributed by atoms with Crippen LogP contribution in [0.5, 0.6) is 17.2 Å². The molecule has 0 spiro atoms. The number of ether oxygens (including phenoxy) is 3. The Morgan fingerprint density at radius 3 is 2.05 bits per heavy atom. The van der Waals surface area contributed by atoms with Gasteiger partial charge >= 0.3 is 0 Å². The van der Waals surface area contributed by atoms with Crippen LogP contribution in [0.2, 0.25) is 0 Å². The molecule has 22 heavy (non-hydrogen) atoms. The van der Waals surface area contributed by atoms with E-state index >= 15 is 0 Å². The minimum Gasteiger partial charge on any atom is -0.490 e. The van der Waals surface area contributed by atoms with Gasteiger partial charge in [-0.25, -0.2) is 0 Å². The van der Waals surface area contributed by atoms with Gasteiger partial charge in [0, 0.05) is 18.2 Å². The van der Waals surface area contributed by atoms with Gasteiger partial charge in [0.05, 0.1) is 19.8 Å². The molecular weight excluding hydrogens is 282 g/mol. The first kappa shape index (κ1) is 18.6. The Morgan fingerprint density at radius 2 is 1.55 bits per heavy atom. The van der Waals surface area contributed by atoms with E-state index in [1.54, 1.807) is 0 Å². The highest BCUT2D eigenvalue weighted by Gasteiger charge is 2.24. The van der Waals surface area contributed by atoms with Crippen LogP contribution in [0, 0.1) is 0 Å². The molecule has 1 atom stereocenters. The molecule has 1 N–H and O–H groups in total. The lowest BCUT2D eigenvalue weighted by molar-refractivity contribution is 0.202. The number of hydrogen-bond acceptors (Lipinski definition) is 5. The van der Waals surface area contributed by atoms with Gasteiger partial charge in [-0.3, -0.25) is 0 Å². The normalized spacial score (nSPS) is 12.3. The zero-order chi connectivity index (χ0) is 16.5. The van der Waals surface area contributed by atoms with Crippen LogP contribution in [0.25, 0.3) is 0 Å². The lowest BCUT2D eigenvalue weighted by Crippen LogP contribution is -2.22. The summed E-state index contributed by atoms with van der Waals surface area (Å²) in [6.07, 6.45) is 0.632. The molecule has 1 aromatic carbocycles. The molecule has 0 amide bonds. The third-order valence-corrected chi connectivity index (χ3v) is 3.37. The van der Waals surface area contributed by atoms with Gasteiger partial charge in [0.25, 0.3) is 0 Å². The Kier molecular flexibility index (Phi) is 8.06. The van der Waals surface area contributed by atoms with Crippen molar-refractivity contribution in [1.29, 1.82) is 0 Å². The second-order valence-corrected chi connectivity index (χ2v) is 5.10. The van der Waals surface area contributed by atoms with Crippen LogP contribution < -0.4 is 14.2 Å². The summed E-state index contributed by atoms with van der Waals surface area (Å²) in [5.74, 6) is 2.05. The summed E-state index contributed by atoms with van der Waals surface area (Å²) in [4.78, 5) is 2.07. The van der Waals surface area contributed by atoms with Crippen molar-refractivity contribution >= 4 is 0 Å². The first-order chi connectivity index (χ1) is 10.6. The highest BCUT2D eigenvalue weighted by Crippen LogP contribution is 2.44. The smallest absolute Gasteiger partial charge is 0.203 e. The van der Waals surface area contributed by atoms with E-state index in [1.807, 2.05) is 47.0 Å². The quantitative estimate of drug-likeness (QED) is 0.720. The van der Waals surface area contributed by atoms with Gasteiger partial charge in [0.2, 0.25) is 5.75 Å². The third-order valence-electron chi connectivity index (χ3n) is 3.37. The first-order valence-electron chi connectivity index (χ1n) is 7.93. The van der Waals surface area contributed by atoms with Crippen LogP contribution in [-0.2, 0) is 0 Å². The number of aliphatic hydroxyl groups excluding tert-OH is 1. The summed E-state index contributed by atoms with van der Waals surface area (Å²) in [5.41, 5.74) is 1.01. The van der Waals surface area contributed by atoms with E-state index < -0.39 is 0 Å². The Hall–Kier alpha value is -1.46. The second-order valence-electron chi connectivity index (χ2n) is 5.10. The van der Waals surface area contributed by atoms with Crippen LogP contribution in [0.15, 0.2) is 12.1 Å². The lowest BCUT2D eigenvalue weighted by Gasteiger charge is -2.27. The monoisotopic (exact) mass is 311 g/mol. The molecule has 5 heteroatoms. The molecular formula is C17H29NO4. The van der Waals surface area contributed by atoms with Crippen LogP contribution >= 0.6 is 0 Å². The topological polar surface area (TPSA) is 51.2 Å². The molecule has 1 rings (SSSR count). The van der Waals surface area contributed by atoms with Crippen molar-refractivity contribution < 1.29 is 19.3 Å². The van der Waals surface area contributed by atoms with Gasteiger partial charge in [0.15, 0.2) is 11.5 Å². The standard InChI is InChI=1S/C17H29NO4/c1-6-20-15-10-9-13(14(11-12-19)18(4)5)16(21-7-2)17(15)22-8-3/h9-10,14,19H,6-8,11-12H2,1-5H3. The van der Waals surface area contributed by atoms with Crippen LogP contribution in [0.4, 0.5) is 0 Å². The number of nitrogens with zero attached hydrogens (tertiary/aromatic N) is 1. The number of benzene rings is 1. The predicted molar refractivity (Wildman–Crippen MR) is 88.1 cm³/mol. The van der Waals surface area contributed by atoms with Crippen molar-refractivity contribution in [3.05, 3.63) is 17.7 Å². The lowest BCUT2D eigenvalue weighted by atomic mass is 10.0. The van der Waals surface area contributed by atoms with Crippen molar-refractivity contribution in [2.75, 3.05) is 40.5 Å². The Balaban J connectivity index is 3.39. The predicted octanol–water partition coefficient (Wildman–Crippen LogP) is 2.87. The summed E-state index contributed by atoms with van der Waals surface area (Å²) in [5, 5.41) is 9.36. The van der Waals surface area contributed by atoms with Crippen LogP contribution in [0.1, 0.15) is 38.8 Å². The number of aliphatic hydroxyl groups is 1. The molecule has 0 saturated heterocycles. The number of rotatable bonds is 10. The zero-order valence-corrected chi connectivity index (χ0v) is 14.4. The summed E-state index contributed by atoms with van der Waals surface area (Å²) in [6, 6.07) is 3.97. The summed E-state index contributed by atoms with van der Waals surface area (Å²) < 4.78 is 17.3. The highest BCUT2D eigenvalue weighted by molar-refractivity contribution is 5.56. The van der Waals surface area contributed by atoms with E-state index in [0.29, 0.717) is 43.5 Å². The van der Waals surface area contributed by atoms with E-state index in [0.717, 1.165) is 5.56 Å². The molecule has 1 unspecified atom stereocenters. The molecule has 5 nitrogen and oxygen atoms in total. The maximum Gasteiger partial charge on any atom is 0.203 e. The molecule has 0 bridgehead atoms. The fraction of sp³-hybridized carbons (Fsp3) is 0.647. The van der Waals surface area contributed by atoms with E-state index in [1.165, 1.54) is 0 Å². The Bertz CT molecular complexity index is 449. The van der Waals surface area contributed by atoms with Gasteiger partial charge in [-0.05, 0) is 53.4 Å². The molecule has 1 aromatic rings. The molecule has 0 fully saturated rings. The summed E-state index contributed by atoms with van der Waals surface area (Å²) in [6.45, 7) is 7.60. The van der Waals surface area contributed by atoms with Crippen molar-refractivity contribution in [2.24, 2.45) is 0 Å². The number of hydrogen-bond donors (Lipinski definition) is 1. The van der Waals surface area contributed by atoms with Gasteiger partial charge in [0.1, 0.15) is 0 Å².